The van der Waals surface area contributed by atoms with Gasteiger partial charge in [-0.15, -0.1) is 0 Å². The summed E-state index contributed by atoms with van der Waals surface area (Å²) in [5, 5.41) is 7.19. The van der Waals surface area contributed by atoms with Crippen LogP contribution in [0.4, 0.5) is 5.82 Å². The van der Waals surface area contributed by atoms with Gasteiger partial charge in [-0.2, -0.15) is 0 Å². The maximum atomic E-state index is 12.5. The zero-order valence-electron chi connectivity index (χ0n) is 16.9. The average Bonchev–Trinajstić information content (AvgIpc) is 2.73. The molecular weight excluding hydrogens is 418 g/mol. The van der Waals surface area contributed by atoms with Crippen molar-refractivity contribution < 1.29 is 4.74 Å². The summed E-state index contributed by atoms with van der Waals surface area (Å²) in [7, 11) is 0. The summed E-state index contributed by atoms with van der Waals surface area (Å²) in [6, 6.07) is 10.5. The van der Waals surface area contributed by atoms with Crippen LogP contribution in [-0.2, 0) is 6.61 Å². The lowest BCUT2D eigenvalue weighted by molar-refractivity contribution is 0.300. The van der Waals surface area contributed by atoms with Crippen LogP contribution in [-0.4, -0.2) is 33.7 Å². The molecule has 1 aliphatic carbocycles. The van der Waals surface area contributed by atoms with Crippen molar-refractivity contribution in [2.75, 3.05) is 18.4 Å². The SMILES string of the molecule is O=c1[nH]c(NCCNC2CCC2)ccc1-n1ccc(OCc2ccc(Cl)cn2)cc1=O. The number of anilines is 1. The molecule has 0 radical (unpaired) electrons. The average molecular weight is 442 g/mol. The van der Waals surface area contributed by atoms with Crippen molar-refractivity contribution in [3.8, 4) is 11.4 Å². The highest BCUT2D eigenvalue weighted by Crippen LogP contribution is 2.17. The molecule has 3 N–H and O–H groups in total. The lowest BCUT2D eigenvalue weighted by atomic mass is 9.93. The van der Waals surface area contributed by atoms with Crippen LogP contribution < -0.4 is 26.5 Å². The third-order valence-corrected chi connectivity index (χ3v) is 5.42. The molecule has 1 saturated carbocycles. The Morgan fingerprint density at radius 1 is 1.16 bits per heavy atom. The second-order valence-corrected chi connectivity index (χ2v) is 7.86. The first kappa shape index (κ1) is 21.1. The first-order valence-electron chi connectivity index (χ1n) is 10.3. The van der Waals surface area contributed by atoms with Gasteiger partial charge < -0.3 is 20.4 Å². The molecule has 4 rings (SSSR count). The number of ether oxygens (including phenoxy) is 1. The van der Waals surface area contributed by atoms with Crippen molar-refractivity contribution in [2.45, 2.75) is 31.9 Å². The molecule has 0 aromatic carbocycles. The quantitative estimate of drug-likeness (QED) is 0.441. The van der Waals surface area contributed by atoms with Crippen LogP contribution in [0.25, 0.3) is 5.69 Å². The Kier molecular flexibility index (Phi) is 6.69. The maximum Gasteiger partial charge on any atom is 0.273 e. The Hall–Kier alpha value is -3.10. The standard InChI is InChI=1S/C22H24ClN5O3/c23-15-4-5-17(26-13-15)14-31-18-8-11-28(21(29)12-18)19-6-7-20(27-22(19)30)25-10-9-24-16-2-1-3-16/h4-8,11-13,16,24H,1-3,9-10,14H2,(H2,25,27,30). The molecule has 0 atom stereocenters. The third kappa shape index (κ3) is 5.53. The van der Waals surface area contributed by atoms with E-state index in [0.29, 0.717) is 34.9 Å². The van der Waals surface area contributed by atoms with E-state index in [1.807, 2.05) is 0 Å². The van der Waals surface area contributed by atoms with E-state index in [4.69, 9.17) is 16.3 Å². The molecule has 31 heavy (non-hydrogen) atoms. The van der Waals surface area contributed by atoms with E-state index in [1.54, 1.807) is 30.3 Å². The van der Waals surface area contributed by atoms with Gasteiger partial charge >= 0.3 is 0 Å². The molecular formula is C22H24ClN5O3. The van der Waals surface area contributed by atoms with Gasteiger partial charge in [-0.05, 0) is 43.2 Å². The monoisotopic (exact) mass is 441 g/mol. The first-order chi connectivity index (χ1) is 15.1. The molecule has 0 spiro atoms. The van der Waals surface area contributed by atoms with Crippen molar-refractivity contribution >= 4 is 17.4 Å². The summed E-state index contributed by atoms with van der Waals surface area (Å²) in [6.45, 7) is 1.75. The Balaban J connectivity index is 1.37. The number of hydrogen-bond donors (Lipinski definition) is 3. The van der Waals surface area contributed by atoms with Gasteiger partial charge in [0, 0.05) is 37.6 Å². The Labute approximate surface area is 184 Å². The molecule has 3 aromatic rings. The summed E-state index contributed by atoms with van der Waals surface area (Å²) in [6.07, 6.45) is 6.83. The lowest BCUT2D eigenvalue weighted by Gasteiger charge is -2.26. The van der Waals surface area contributed by atoms with Gasteiger partial charge in [0.25, 0.3) is 11.1 Å². The number of rotatable bonds is 9. The minimum Gasteiger partial charge on any atom is -0.487 e. The van der Waals surface area contributed by atoms with Gasteiger partial charge in [0.05, 0.1) is 10.7 Å². The van der Waals surface area contributed by atoms with Gasteiger partial charge in [-0.25, -0.2) is 0 Å². The molecule has 0 saturated heterocycles. The second kappa shape index (κ2) is 9.80. The number of pyridine rings is 3. The minimum absolute atomic E-state index is 0.206. The van der Waals surface area contributed by atoms with E-state index < -0.39 is 0 Å². The summed E-state index contributed by atoms with van der Waals surface area (Å²) in [5.41, 5.74) is 0.223. The van der Waals surface area contributed by atoms with E-state index in [2.05, 4.69) is 20.6 Å². The van der Waals surface area contributed by atoms with E-state index in [1.165, 1.54) is 42.3 Å². The smallest absolute Gasteiger partial charge is 0.273 e. The molecule has 0 unspecified atom stereocenters. The number of nitrogens with zero attached hydrogens (tertiary/aromatic N) is 2. The fraction of sp³-hybridized carbons (Fsp3) is 0.318. The predicted octanol–water partition coefficient (Wildman–Crippen LogP) is 2.71. The largest absolute Gasteiger partial charge is 0.487 e. The lowest BCUT2D eigenvalue weighted by Crippen LogP contribution is -2.37. The first-order valence-corrected chi connectivity index (χ1v) is 10.6. The number of aromatic nitrogens is 3. The van der Waals surface area contributed by atoms with Crippen molar-refractivity contribution in [1.82, 2.24) is 19.9 Å². The van der Waals surface area contributed by atoms with Crippen molar-refractivity contribution in [3.63, 3.8) is 0 Å². The normalized spacial score (nSPS) is 13.6. The van der Waals surface area contributed by atoms with E-state index in [0.717, 1.165) is 6.54 Å². The Morgan fingerprint density at radius 2 is 2.03 bits per heavy atom. The number of H-pyrrole nitrogens is 1. The second-order valence-electron chi connectivity index (χ2n) is 7.42. The topological polar surface area (TPSA) is 101 Å². The van der Waals surface area contributed by atoms with Crippen molar-refractivity contribution in [1.29, 1.82) is 0 Å². The van der Waals surface area contributed by atoms with Crippen LogP contribution >= 0.6 is 11.6 Å². The molecule has 3 aromatic heterocycles. The molecule has 0 amide bonds. The van der Waals surface area contributed by atoms with Gasteiger partial charge in [0.2, 0.25) is 0 Å². The summed E-state index contributed by atoms with van der Waals surface area (Å²) >= 11 is 5.82. The fourth-order valence-corrected chi connectivity index (χ4v) is 3.36. The Morgan fingerprint density at radius 3 is 2.71 bits per heavy atom. The zero-order chi connectivity index (χ0) is 21.6. The van der Waals surface area contributed by atoms with Crippen LogP contribution in [0.5, 0.6) is 5.75 Å². The fourth-order valence-electron chi connectivity index (χ4n) is 3.24. The molecule has 162 valence electrons. The van der Waals surface area contributed by atoms with Crippen LogP contribution in [0.3, 0.4) is 0 Å². The van der Waals surface area contributed by atoms with Gasteiger partial charge in [0.15, 0.2) is 0 Å². The minimum atomic E-state index is -0.363. The number of halogens is 1. The third-order valence-electron chi connectivity index (χ3n) is 5.19. The molecule has 1 aliphatic rings. The van der Waals surface area contributed by atoms with Crippen LogP contribution in [0, 0.1) is 0 Å². The van der Waals surface area contributed by atoms with E-state index in [-0.39, 0.29) is 23.4 Å². The Bertz CT molecular complexity index is 1140. The predicted molar refractivity (Wildman–Crippen MR) is 120 cm³/mol. The molecule has 3 heterocycles. The van der Waals surface area contributed by atoms with Crippen LogP contribution in [0.2, 0.25) is 5.02 Å². The van der Waals surface area contributed by atoms with Crippen LogP contribution in [0.15, 0.2) is 58.4 Å². The molecule has 0 bridgehead atoms. The number of hydrogen-bond acceptors (Lipinski definition) is 6. The highest BCUT2D eigenvalue weighted by Gasteiger charge is 2.15. The number of nitrogens with one attached hydrogen (secondary N) is 3. The molecule has 1 fully saturated rings. The molecule has 8 nitrogen and oxygen atoms in total. The maximum absolute atomic E-state index is 12.5. The summed E-state index contributed by atoms with van der Waals surface area (Å²) in [5.74, 6) is 1.01. The number of aromatic amines is 1. The van der Waals surface area contributed by atoms with E-state index in [9.17, 15) is 9.59 Å². The summed E-state index contributed by atoms with van der Waals surface area (Å²) in [4.78, 5) is 31.9. The van der Waals surface area contributed by atoms with Gasteiger partial charge in [0.1, 0.15) is 23.9 Å². The van der Waals surface area contributed by atoms with Crippen molar-refractivity contribution in [3.05, 3.63) is 80.2 Å². The molecule has 9 heteroatoms. The van der Waals surface area contributed by atoms with Crippen LogP contribution in [0.1, 0.15) is 25.0 Å². The van der Waals surface area contributed by atoms with Crippen molar-refractivity contribution in [2.24, 2.45) is 0 Å². The zero-order valence-corrected chi connectivity index (χ0v) is 17.7. The van der Waals surface area contributed by atoms with Gasteiger partial charge in [-0.1, -0.05) is 18.0 Å². The highest BCUT2D eigenvalue weighted by atomic mass is 35.5. The molecule has 0 aliphatic heterocycles. The van der Waals surface area contributed by atoms with Gasteiger partial charge in [-0.3, -0.25) is 19.1 Å². The van der Waals surface area contributed by atoms with E-state index >= 15 is 0 Å². The summed E-state index contributed by atoms with van der Waals surface area (Å²) < 4.78 is 6.90. The highest BCUT2D eigenvalue weighted by molar-refractivity contribution is 6.30.